The number of amides is 1. The van der Waals surface area contributed by atoms with Crippen molar-refractivity contribution >= 4 is 6.09 Å². The number of likely N-dealkylation sites (tertiary alicyclic amines) is 1. The number of carbonyl (C=O) groups is 1. The van der Waals surface area contributed by atoms with Gasteiger partial charge in [0.05, 0.1) is 12.2 Å². The molecule has 0 spiro atoms. The molecule has 134 valence electrons. The molecule has 2 rings (SSSR count). The van der Waals surface area contributed by atoms with Crippen molar-refractivity contribution in [2.45, 2.75) is 64.4 Å². The average Bonchev–Trinajstić information content (AvgIpc) is 2.89. The lowest BCUT2D eigenvalue weighted by molar-refractivity contribution is -0.131. The highest BCUT2D eigenvalue weighted by atomic mass is 16.6. The number of hydrogen-bond acceptors (Lipinski definition) is 5. The van der Waals surface area contributed by atoms with E-state index in [0.717, 1.165) is 39.1 Å². The van der Waals surface area contributed by atoms with E-state index in [2.05, 4.69) is 5.32 Å². The van der Waals surface area contributed by atoms with Crippen LogP contribution in [0.2, 0.25) is 0 Å². The van der Waals surface area contributed by atoms with Gasteiger partial charge >= 0.3 is 6.09 Å². The highest BCUT2D eigenvalue weighted by Crippen LogP contribution is 2.27. The van der Waals surface area contributed by atoms with Crippen molar-refractivity contribution in [1.82, 2.24) is 10.2 Å². The summed E-state index contributed by atoms with van der Waals surface area (Å²) < 4.78 is 16.6. The lowest BCUT2D eigenvalue weighted by Crippen LogP contribution is -2.60. The fourth-order valence-corrected chi connectivity index (χ4v) is 3.28. The summed E-state index contributed by atoms with van der Waals surface area (Å²) in [5.41, 5.74) is -0.431. The van der Waals surface area contributed by atoms with Gasteiger partial charge in [0.2, 0.25) is 0 Å². The molecule has 2 fully saturated rings. The van der Waals surface area contributed by atoms with E-state index in [4.69, 9.17) is 14.2 Å². The van der Waals surface area contributed by atoms with E-state index in [-0.39, 0.29) is 18.3 Å². The number of nitrogens with zero attached hydrogens (tertiary/aromatic N) is 1. The molecule has 6 heteroatoms. The van der Waals surface area contributed by atoms with Crippen LogP contribution in [0, 0.1) is 5.92 Å². The third-order valence-electron chi connectivity index (χ3n) is 4.51. The van der Waals surface area contributed by atoms with Crippen LogP contribution in [0.1, 0.15) is 40.5 Å². The highest BCUT2D eigenvalue weighted by Gasteiger charge is 2.42. The van der Waals surface area contributed by atoms with Crippen LogP contribution >= 0.6 is 0 Å². The molecule has 1 amide bonds. The van der Waals surface area contributed by atoms with Crippen LogP contribution in [0.25, 0.3) is 0 Å². The molecule has 4 unspecified atom stereocenters. The van der Waals surface area contributed by atoms with E-state index in [1.807, 2.05) is 32.6 Å². The van der Waals surface area contributed by atoms with Crippen LogP contribution < -0.4 is 5.32 Å². The Hall–Kier alpha value is -0.850. The number of carbonyl (C=O) groups excluding carboxylic acids is 1. The molecule has 0 aromatic rings. The largest absolute Gasteiger partial charge is 0.444 e. The minimum atomic E-state index is -0.431. The van der Waals surface area contributed by atoms with Gasteiger partial charge in [-0.2, -0.15) is 0 Å². The van der Waals surface area contributed by atoms with Crippen molar-refractivity contribution < 1.29 is 19.0 Å². The maximum absolute atomic E-state index is 12.1. The SMILES string of the molecule is CCOC1CC(NCC2CCN(C(=O)OC(C)(C)C)C2)C1OC. The first-order chi connectivity index (χ1) is 10.8. The van der Waals surface area contributed by atoms with Gasteiger partial charge in [-0.1, -0.05) is 0 Å². The van der Waals surface area contributed by atoms with E-state index in [1.165, 1.54) is 0 Å². The molecular formula is C17H32N2O4. The maximum atomic E-state index is 12.1. The van der Waals surface area contributed by atoms with Crippen molar-refractivity contribution in [2.24, 2.45) is 5.92 Å². The summed E-state index contributed by atoms with van der Waals surface area (Å²) in [5.74, 6) is 0.478. The Morgan fingerprint density at radius 1 is 1.35 bits per heavy atom. The molecular weight excluding hydrogens is 296 g/mol. The van der Waals surface area contributed by atoms with Gasteiger partial charge in [-0.05, 0) is 46.5 Å². The molecule has 4 atom stereocenters. The summed E-state index contributed by atoms with van der Waals surface area (Å²) >= 11 is 0. The quantitative estimate of drug-likeness (QED) is 0.808. The fraction of sp³-hybridized carbons (Fsp3) is 0.941. The molecule has 6 nitrogen and oxygen atoms in total. The summed E-state index contributed by atoms with van der Waals surface area (Å²) in [7, 11) is 1.74. The number of hydrogen-bond donors (Lipinski definition) is 1. The van der Waals surface area contributed by atoms with Crippen molar-refractivity contribution in [1.29, 1.82) is 0 Å². The monoisotopic (exact) mass is 328 g/mol. The van der Waals surface area contributed by atoms with E-state index >= 15 is 0 Å². The predicted octanol–water partition coefficient (Wildman–Crippen LogP) is 2.03. The summed E-state index contributed by atoms with van der Waals surface area (Å²) in [4.78, 5) is 13.9. The third kappa shape index (κ3) is 5.06. The molecule has 2 aliphatic rings. The van der Waals surface area contributed by atoms with E-state index in [0.29, 0.717) is 12.0 Å². The zero-order valence-corrected chi connectivity index (χ0v) is 15.1. The average molecular weight is 328 g/mol. The number of ether oxygens (including phenoxy) is 3. The number of methoxy groups -OCH3 is 1. The Morgan fingerprint density at radius 2 is 2.09 bits per heavy atom. The topological polar surface area (TPSA) is 60.0 Å². The van der Waals surface area contributed by atoms with Crippen LogP contribution in [-0.4, -0.2) is 68.2 Å². The van der Waals surface area contributed by atoms with Crippen LogP contribution in [0.15, 0.2) is 0 Å². The van der Waals surface area contributed by atoms with Crippen molar-refractivity contribution in [2.75, 3.05) is 33.4 Å². The highest BCUT2D eigenvalue weighted by molar-refractivity contribution is 5.68. The van der Waals surface area contributed by atoms with Gasteiger partial charge in [-0.3, -0.25) is 0 Å². The summed E-state index contributed by atoms with van der Waals surface area (Å²) in [6.45, 7) is 10.9. The summed E-state index contributed by atoms with van der Waals surface area (Å²) in [6, 6.07) is 0.354. The van der Waals surface area contributed by atoms with Gasteiger partial charge in [0.25, 0.3) is 0 Å². The lowest BCUT2D eigenvalue weighted by atomic mass is 9.85. The smallest absolute Gasteiger partial charge is 0.410 e. The predicted molar refractivity (Wildman–Crippen MR) is 88.5 cm³/mol. The van der Waals surface area contributed by atoms with Crippen LogP contribution in [0.3, 0.4) is 0 Å². The first-order valence-corrected chi connectivity index (χ1v) is 8.69. The molecule has 23 heavy (non-hydrogen) atoms. The number of rotatable bonds is 6. The summed E-state index contributed by atoms with van der Waals surface area (Å²) in [6.07, 6.45) is 2.16. The molecule has 1 aliphatic carbocycles. The van der Waals surface area contributed by atoms with Crippen molar-refractivity contribution in [3.8, 4) is 0 Å². The molecule has 1 N–H and O–H groups in total. The van der Waals surface area contributed by atoms with E-state index in [1.54, 1.807) is 7.11 Å². The molecule has 1 saturated heterocycles. The second-order valence-corrected chi connectivity index (χ2v) is 7.53. The van der Waals surface area contributed by atoms with E-state index < -0.39 is 5.60 Å². The maximum Gasteiger partial charge on any atom is 0.410 e. The molecule has 0 bridgehead atoms. The van der Waals surface area contributed by atoms with E-state index in [9.17, 15) is 4.79 Å². The zero-order valence-electron chi connectivity index (χ0n) is 15.1. The molecule has 0 aromatic heterocycles. The number of nitrogens with one attached hydrogen (secondary N) is 1. The minimum Gasteiger partial charge on any atom is -0.444 e. The van der Waals surface area contributed by atoms with Crippen LogP contribution in [0.4, 0.5) is 4.79 Å². The van der Waals surface area contributed by atoms with Gasteiger partial charge in [-0.15, -0.1) is 0 Å². The molecule has 0 aromatic carbocycles. The van der Waals surface area contributed by atoms with Gasteiger partial charge in [0.15, 0.2) is 0 Å². The molecule has 1 saturated carbocycles. The first kappa shape index (κ1) is 18.5. The molecule has 0 radical (unpaired) electrons. The molecule has 1 aliphatic heterocycles. The Bertz CT molecular complexity index is 397. The minimum absolute atomic E-state index is 0.137. The standard InChI is InChI=1S/C17H32N2O4/c1-6-22-14-9-13(15(14)21-5)18-10-12-7-8-19(11-12)16(20)23-17(2,3)4/h12-15,18H,6-11H2,1-5H3. The Morgan fingerprint density at radius 3 is 2.70 bits per heavy atom. The van der Waals surface area contributed by atoms with Crippen molar-refractivity contribution in [3.63, 3.8) is 0 Å². The van der Waals surface area contributed by atoms with Gasteiger partial charge < -0.3 is 24.4 Å². The fourth-order valence-electron chi connectivity index (χ4n) is 3.28. The summed E-state index contributed by atoms with van der Waals surface area (Å²) in [5, 5.41) is 3.57. The van der Waals surface area contributed by atoms with Crippen LogP contribution in [0.5, 0.6) is 0 Å². The normalized spacial score (nSPS) is 31.1. The van der Waals surface area contributed by atoms with Gasteiger partial charge in [0, 0.05) is 39.4 Å². The Labute approximate surface area is 139 Å². The first-order valence-electron chi connectivity index (χ1n) is 8.69. The Balaban J connectivity index is 1.69. The van der Waals surface area contributed by atoms with Crippen molar-refractivity contribution in [3.05, 3.63) is 0 Å². The second-order valence-electron chi connectivity index (χ2n) is 7.53. The third-order valence-corrected chi connectivity index (χ3v) is 4.51. The van der Waals surface area contributed by atoms with Gasteiger partial charge in [-0.25, -0.2) is 4.79 Å². The lowest BCUT2D eigenvalue weighted by Gasteiger charge is -2.43. The zero-order chi connectivity index (χ0) is 17.0. The Kier molecular flexibility index (Phi) is 6.28. The molecule has 1 heterocycles. The van der Waals surface area contributed by atoms with Crippen LogP contribution in [-0.2, 0) is 14.2 Å². The second kappa shape index (κ2) is 7.81. The van der Waals surface area contributed by atoms with Gasteiger partial charge in [0.1, 0.15) is 5.60 Å².